The van der Waals surface area contributed by atoms with Gasteiger partial charge in [0.2, 0.25) is 25.8 Å². The highest BCUT2D eigenvalue weighted by Crippen LogP contribution is 2.33. The molecule has 10 heteroatoms. The number of carbonyl (C=O) groups excluding carboxylic acids is 1. The molecule has 0 radical (unpaired) electrons. The van der Waals surface area contributed by atoms with Gasteiger partial charge < -0.3 is 10.1 Å². The van der Waals surface area contributed by atoms with E-state index in [1.807, 2.05) is 31.2 Å². The molecule has 5 rings (SSSR count). The molecule has 0 spiro atoms. The van der Waals surface area contributed by atoms with Gasteiger partial charge in [-0.3, -0.25) is 4.79 Å². The zero-order valence-electron chi connectivity index (χ0n) is 21.9. The molecule has 4 aromatic carbocycles. The zero-order valence-corrected chi connectivity index (χ0v) is 23.6. The van der Waals surface area contributed by atoms with Crippen LogP contribution in [0.5, 0.6) is 5.75 Å². The number of nitrogens with zero attached hydrogens (tertiary/aromatic N) is 1. The van der Waals surface area contributed by atoms with Crippen LogP contribution in [0.25, 0.3) is 0 Å². The summed E-state index contributed by atoms with van der Waals surface area (Å²) in [6, 6.07) is 25.0. The monoisotopic (exact) mass is 576 g/mol. The SMILES string of the molecule is COc1ccc(S(=O)(=O)c2ccccc2)cc1NC(=O)[C@@H]1Cc2ccccc2CN1S(=O)(=O)c1ccc(C)cc1. The van der Waals surface area contributed by atoms with Crippen molar-refractivity contribution in [1.29, 1.82) is 0 Å². The van der Waals surface area contributed by atoms with Crippen molar-refractivity contribution in [3.05, 3.63) is 114 Å². The number of aryl methyl sites for hydroxylation is 1. The number of anilines is 1. The van der Waals surface area contributed by atoms with Gasteiger partial charge in [0.25, 0.3) is 0 Å². The molecule has 0 fully saturated rings. The molecule has 1 amide bonds. The molecule has 1 aliphatic heterocycles. The number of ether oxygens (including phenoxy) is 1. The molecular weight excluding hydrogens is 548 g/mol. The van der Waals surface area contributed by atoms with Gasteiger partial charge >= 0.3 is 0 Å². The highest BCUT2D eigenvalue weighted by atomic mass is 32.2. The lowest BCUT2D eigenvalue weighted by molar-refractivity contribution is -0.120. The van der Waals surface area contributed by atoms with Crippen LogP contribution in [0.2, 0.25) is 0 Å². The number of amides is 1. The second kappa shape index (κ2) is 10.9. The second-order valence-electron chi connectivity index (χ2n) is 9.52. The minimum absolute atomic E-state index is 0.0179. The van der Waals surface area contributed by atoms with Crippen LogP contribution in [0.4, 0.5) is 5.69 Å². The van der Waals surface area contributed by atoms with Crippen molar-refractivity contribution in [2.45, 2.75) is 40.6 Å². The van der Waals surface area contributed by atoms with Crippen LogP contribution in [-0.2, 0) is 37.6 Å². The molecule has 0 aliphatic carbocycles. The van der Waals surface area contributed by atoms with Crippen molar-refractivity contribution in [1.82, 2.24) is 4.31 Å². The smallest absolute Gasteiger partial charge is 0.244 e. The number of carbonyl (C=O) groups is 1. The Labute approximate surface area is 234 Å². The van der Waals surface area contributed by atoms with E-state index >= 15 is 0 Å². The number of methoxy groups -OCH3 is 1. The Bertz CT molecular complexity index is 1770. The van der Waals surface area contributed by atoms with Gasteiger partial charge in [0.1, 0.15) is 11.8 Å². The molecule has 0 bridgehead atoms. The first kappa shape index (κ1) is 27.6. The Morgan fingerprint density at radius 3 is 2.10 bits per heavy atom. The third kappa shape index (κ3) is 5.25. The fourth-order valence-corrected chi connectivity index (χ4v) is 7.60. The van der Waals surface area contributed by atoms with E-state index in [1.54, 1.807) is 30.3 Å². The van der Waals surface area contributed by atoms with E-state index in [9.17, 15) is 21.6 Å². The predicted octanol–water partition coefficient (Wildman–Crippen LogP) is 4.59. The van der Waals surface area contributed by atoms with Gasteiger partial charge in [0, 0.05) is 6.54 Å². The van der Waals surface area contributed by atoms with E-state index in [-0.39, 0.29) is 39.1 Å². The lowest BCUT2D eigenvalue weighted by atomic mass is 9.95. The van der Waals surface area contributed by atoms with Crippen molar-refractivity contribution in [3.63, 3.8) is 0 Å². The van der Waals surface area contributed by atoms with Crippen LogP contribution in [-0.4, -0.2) is 40.2 Å². The first-order valence-corrected chi connectivity index (χ1v) is 15.5. The van der Waals surface area contributed by atoms with Crippen LogP contribution >= 0.6 is 0 Å². The molecule has 0 saturated heterocycles. The normalized spacial score (nSPS) is 15.7. The molecule has 40 heavy (non-hydrogen) atoms. The Hall–Kier alpha value is -3.99. The molecule has 8 nitrogen and oxygen atoms in total. The molecule has 206 valence electrons. The standard InChI is InChI=1S/C30H28N2O6S2/c1-21-12-14-25(15-13-21)40(36,37)32-20-23-9-7-6-8-22(23)18-28(32)30(33)31-27-19-26(16-17-29(27)38-2)39(34,35)24-10-4-3-5-11-24/h3-17,19,28H,18,20H2,1-2H3,(H,31,33)/t28-/m0/s1. The van der Waals surface area contributed by atoms with E-state index in [0.29, 0.717) is 0 Å². The van der Waals surface area contributed by atoms with Crippen molar-refractivity contribution in [2.75, 3.05) is 12.4 Å². The van der Waals surface area contributed by atoms with Gasteiger partial charge in [-0.05, 0) is 66.9 Å². The lowest BCUT2D eigenvalue weighted by Crippen LogP contribution is -2.50. The number of hydrogen-bond acceptors (Lipinski definition) is 6. The fraction of sp³-hybridized carbons (Fsp3) is 0.167. The highest BCUT2D eigenvalue weighted by Gasteiger charge is 2.40. The fourth-order valence-electron chi connectivity index (χ4n) is 4.72. The molecule has 1 aliphatic rings. The third-order valence-corrected chi connectivity index (χ3v) is 10.6. The van der Waals surface area contributed by atoms with Gasteiger partial charge in [-0.15, -0.1) is 0 Å². The number of rotatable bonds is 7. The van der Waals surface area contributed by atoms with E-state index < -0.39 is 31.8 Å². The lowest BCUT2D eigenvalue weighted by Gasteiger charge is -2.35. The van der Waals surface area contributed by atoms with Crippen LogP contribution in [0.15, 0.2) is 112 Å². The Kier molecular flexibility index (Phi) is 7.50. The zero-order chi connectivity index (χ0) is 28.5. The van der Waals surface area contributed by atoms with Crippen LogP contribution in [0.3, 0.4) is 0 Å². The molecule has 0 saturated carbocycles. The Morgan fingerprint density at radius 2 is 1.43 bits per heavy atom. The Morgan fingerprint density at radius 1 is 0.800 bits per heavy atom. The Balaban J connectivity index is 1.52. The third-order valence-electron chi connectivity index (χ3n) is 6.93. The molecular formula is C30H28N2O6S2. The minimum atomic E-state index is -4.05. The van der Waals surface area contributed by atoms with E-state index in [4.69, 9.17) is 4.74 Å². The van der Waals surface area contributed by atoms with Crippen molar-refractivity contribution >= 4 is 31.5 Å². The van der Waals surface area contributed by atoms with Gasteiger partial charge in [0.15, 0.2) is 0 Å². The summed E-state index contributed by atoms with van der Waals surface area (Å²) in [5.41, 5.74) is 2.71. The van der Waals surface area contributed by atoms with E-state index in [0.717, 1.165) is 16.7 Å². The highest BCUT2D eigenvalue weighted by molar-refractivity contribution is 7.91. The van der Waals surface area contributed by atoms with Crippen molar-refractivity contribution in [2.24, 2.45) is 0 Å². The number of sulfonamides is 1. The summed E-state index contributed by atoms with van der Waals surface area (Å²) in [6.07, 6.45) is 0.150. The topological polar surface area (TPSA) is 110 Å². The minimum Gasteiger partial charge on any atom is -0.495 e. The molecule has 1 heterocycles. The van der Waals surface area contributed by atoms with Crippen LogP contribution in [0.1, 0.15) is 16.7 Å². The maximum Gasteiger partial charge on any atom is 0.244 e. The number of nitrogens with one attached hydrogen (secondary N) is 1. The second-order valence-corrected chi connectivity index (χ2v) is 13.4. The molecule has 1 N–H and O–H groups in total. The van der Waals surface area contributed by atoms with Crippen molar-refractivity contribution in [3.8, 4) is 5.75 Å². The molecule has 0 aromatic heterocycles. The summed E-state index contributed by atoms with van der Waals surface area (Å²) >= 11 is 0. The van der Waals surface area contributed by atoms with Gasteiger partial charge in [-0.1, -0.05) is 60.2 Å². The molecule has 1 atom stereocenters. The number of fused-ring (bicyclic) bond motifs is 1. The molecule has 0 unspecified atom stereocenters. The largest absolute Gasteiger partial charge is 0.495 e. The molecule has 4 aromatic rings. The quantitative estimate of drug-likeness (QED) is 0.345. The van der Waals surface area contributed by atoms with Crippen molar-refractivity contribution < 1.29 is 26.4 Å². The first-order valence-electron chi connectivity index (χ1n) is 12.6. The average Bonchev–Trinajstić information content (AvgIpc) is 2.97. The van der Waals surface area contributed by atoms with E-state index in [1.165, 1.54) is 53.9 Å². The average molecular weight is 577 g/mol. The maximum atomic E-state index is 13.8. The van der Waals surface area contributed by atoms with Gasteiger partial charge in [-0.25, -0.2) is 16.8 Å². The van der Waals surface area contributed by atoms with E-state index in [2.05, 4.69) is 5.32 Å². The van der Waals surface area contributed by atoms with Crippen LogP contribution in [0, 0.1) is 6.92 Å². The summed E-state index contributed by atoms with van der Waals surface area (Å²) < 4.78 is 60.6. The summed E-state index contributed by atoms with van der Waals surface area (Å²) in [5.74, 6) is -0.359. The predicted molar refractivity (Wildman–Crippen MR) is 151 cm³/mol. The van der Waals surface area contributed by atoms with Gasteiger partial charge in [-0.2, -0.15) is 4.31 Å². The number of hydrogen-bond donors (Lipinski definition) is 1. The maximum absolute atomic E-state index is 13.8. The summed E-state index contributed by atoms with van der Waals surface area (Å²) in [6.45, 7) is 1.88. The summed E-state index contributed by atoms with van der Waals surface area (Å²) in [7, 11) is -6.52. The summed E-state index contributed by atoms with van der Waals surface area (Å²) in [4.78, 5) is 14.0. The van der Waals surface area contributed by atoms with Gasteiger partial charge in [0.05, 0.1) is 27.5 Å². The number of sulfone groups is 1. The first-order chi connectivity index (χ1) is 19.1. The summed E-state index contributed by atoms with van der Waals surface area (Å²) in [5, 5.41) is 2.75. The van der Waals surface area contributed by atoms with Crippen LogP contribution < -0.4 is 10.1 Å². The number of benzene rings is 4.